The van der Waals surface area contributed by atoms with Crippen LogP contribution in [0.5, 0.6) is 11.6 Å². The third-order valence-corrected chi connectivity index (χ3v) is 3.87. The lowest BCUT2D eigenvalue weighted by molar-refractivity contribution is -0.274. The molecule has 134 valence electrons. The number of amides is 2. The van der Waals surface area contributed by atoms with Gasteiger partial charge in [-0.15, -0.1) is 13.2 Å². The summed E-state index contributed by atoms with van der Waals surface area (Å²) in [4.78, 5) is 26.0. The van der Waals surface area contributed by atoms with Crippen molar-refractivity contribution in [3.8, 4) is 11.6 Å². The van der Waals surface area contributed by atoms with Crippen LogP contribution in [-0.2, 0) is 0 Å². The fourth-order valence-electron chi connectivity index (χ4n) is 1.49. The molecule has 0 bridgehead atoms. The van der Waals surface area contributed by atoms with E-state index in [1.807, 2.05) is 0 Å². The first kappa shape index (κ1) is 18.8. The topological polar surface area (TPSA) is 110 Å². The molecule has 2 amide bonds. The SMILES string of the molecule is O=C(Nc1ccc(OC(F)(F)F)cc1)Nc1nc(OC(=O)O)c(Br)s1. The number of alkyl halides is 3. The highest BCUT2D eigenvalue weighted by molar-refractivity contribution is 9.11. The summed E-state index contributed by atoms with van der Waals surface area (Å²) in [5.41, 5.74) is 0.199. The summed E-state index contributed by atoms with van der Waals surface area (Å²) in [7, 11) is 0. The summed E-state index contributed by atoms with van der Waals surface area (Å²) in [6.45, 7) is 0. The van der Waals surface area contributed by atoms with Crippen molar-refractivity contribution in [2.75, 3.05) is 10.6 Å². The summed E-state index contributed by atoms with van der Waals surface area (Å²) >= 11 is 3.93. The molecule has 0 radical (unpaired) electrons. The molecule has 0 saturated heterocycles. The molecule has 13 heteroatoms. The van der Waals surface area contributed by atoms with E-state index in [0.29, 0.717) is 0 Å². The first-order chi connectivity index (χ1) is 11.6. The number of carbonyl (C=O) groups excluding carboxylic acids is 1. The fraction of sp³-hybridized carbons (Fsp3) is 0.0833. The van der Waals surface area contributed by atoms with Gasteiger partial charge in [0, 0.05) is 5.69 Å². The first-order valence-electron chi connectivity index (χ1n) is 6.13. The number of hydrogen-bond acceptors (Lipinski definition) is 6. The summed E-state index contributed by atoms with van der Waals surface area (Å²) in [6.07, 6.45) is -6.37. The molecule has 0 aliphatic carbocycles. The molecule has 0 spiro atoms. The molecule has 3 N–H and O–H groups in total. The smallest absolute Gasteiger partial charge is 0.449 e. The molecule has 1 aromatic heterocycles. The van der Waals surface area contributed by atoms with E-state index in [9.17, 15) is 22.8 Å². The summed E-state index contributed by atoms with van der Waals surface area (Å²) in [6, 6.07) is 3.73. The number of rotatable bonds is 4. The molecule has 2 aromatic rings. The van der Waals surface area contributed by atoms with Crippen LogP contribution in [0.3, 0.4) is 0 Å². The molecular weight excluding hydrogens is 435 g/mol. The van der Waals surface area contributed by atoms with Crippen LogP contribution in [0.4, 0.5) is 33.6 Å². The Labute approximate surface area is 149 Å². The van der Waals surface area contributed by atoms with Crippen molar-refractivity contribution >= 4 is 50.3 Å². The number of nitrogens with one attached hydrogen (secondary N) is 2. The second-order valence-corrected chi connectivity index (χ2v) is 6.43. The Balaban J connectivity index is 1.95. The van der Waals surface area contributed by atoms with Crippen LogP contribution in [0.15, 0.2) is 28.1 Å². The van der Waals surface area contributed by atoms with Gasteiger partial charge in [0.25, 0.3) is 5.88 Å². The van der Waals surface area contributed by atoms with Crippen molar-refractivity contribution in [2.45, 2.75) is 6.36 Å². The van der Waals surface area contributed by atoms with Gasteiger partial charge in [0.15, 0.2) is 5.13 Å². The fourth-order valence-corrected chi connectivity index (χ4v) is 2.73. The molecule has 2 rings (SSSR count). The third-order valence-electron chi connectivity index (χ3n) is 2.31. The zero-order chi connectivity index (χ0) is 18.6. The van der Waals surface area contributed by atoms with Crippen molar-refractivity contribution < 1.29 is 37.3 Å². The highest BCUT2D eigenvalue weighted by atomic mass is 79.9. The largest absolute Gasteiger partial charge is 0.573 e. The van der Waals surface area contributed by atoms with Crippen molar-refractivity contribution in [2.24, 2.45) is 0 Å². The highest BCUT2D eigenvalue weighted by Gasteiger charge is 2.30. The number of hydrogen-bond donors (Lipinski definition) is 3. The van der Waals surface area contributed by atoms with E-state index in [0.717, 1.165) is 23.5 Å². The number of urea groups is 1. The van der Waals surface area contributed by atoms with Crippen molar-refractivity contribution in [3.05, 3.63) is 28.1 Å². The quantitative estimate of drug-likeness (QED) is 0.602. The number of anilines is 2. The van der Waals surface area contributed by atoms with Crippen LogP contribution in [-0.4, -0.2) is 28.6 Å². The van der Waals surface area contributed by atoms with E-state index in [-0.39, 0.29) is 20.5 Å². The standard InChI is InChI=1S/C12H7BrF3N3O5S/c13-7-8(23-11(21)22)18-10(25-7)19-9(20)17-5-1-3-6(4-2-5)24-12(14,15)16/h1-4H,(H,21,22)(H2,17,18,19,20). The molecule has 0 aliphatic rings. The Morgan fingerprint density at radius 1 is 1.20 bits per heavy atom. The minimum atomic E-state index is -4.81. The maximum Gasteiger partial charge on any atom is 0.573 e. The number of halogens is 4. The number of ether oxygens (including phenoxy) is 2. The van der Waals surface area contributed by atoms with E-state index >= 15 is 0 Å². The van der Waals surface area contributed by atoms with Crippen molar-refractivity contribution in [1.29, 1.82) is 0 Å². The van der Waals surface area contributed by atoms with Gasteiger partial charge >= 0.3 is 18.5 Å². The Morgan fingerprint density at radius 2 is 1.84 bits per heavy atom. The van der Waals surface area contributed by atoms with Gasteiger partial charge in [0.1, 0.15) is 9.54 Å². The van der Waals surface area contributed by atoms with Crippen LogP contribution in [0, 0.1) is 0 Å². The van der Waals surface area contributed by atoms with Crippen molar-refractivity contribution in [1.82, 2.24) is 4.98 Å². The van der Waals surface area contributed by atoms with Gasteiger partial charge in [-0.3, -0.25) is 5.32 Å². The average Bonchev–Trinajstić information content (AvgIpc) is 2.78. The minimum absolute atomic E-state index is 0.0395. The molecule has 1 aromatic carbocycles. The highest BCUT2D eigenvalue weighted by Crippen LogP contribution is 2.34. The van der Waals surface area contributed by atoms with E-state index in [1.165, 1.54) is 12.1 Å². The molecule has 1 heterocycles. The molecule has 0 aliphatic heterocycles. The predicted octanol–water partition coefficient (Wildman–Crippen LogP) is 4.50. The zero-order valence-electron chi connectivity index (χ0n) is 11.8. The van der Waals surface area contributed by atoms with Crippen LogP contribution >= 0.6 is 27.3 Å². The Hall–Kier alpha value is -2.54. The number of nitrogens with zero attached hydrogens (tertiary/aromatic N) is 1. The van der Waals surface area contributed by atoms with Gasteiger partial charge in [-0.1, -0.05) is 11.3 Å². The van der Waals surface area contributed by atoms with Gasteiger partial charge < -0.3 is 19.9 Å². The second kappa shape index (κ2) is 7.57. The van der Waals surface area contributed by atoms with E-state index in [2.05, 4.69) is 41.0 Å². The molecular formula is C12H7BrF3N3O5S. The van der Waals surface area contributed by atoms with E-state index in [1.54, 1.807) is 0 Å². The molecule has 25 heavy (non-hydrogen) atoms. The molecule has 8 nitrogen and oxygen atoms in total. The van der Waals surface area contributed by atoms with Gasteiger partial charge in [-0.25, -0.2) is 9.59 Å². The normalized spacial score (nSPS) is 10.9. The van der Waals surface area contributed by atoms with Crippen LogP contribution in [0.1, 0.15) is 0 Å². The van der Waals surface area contributed by atoms with E-state index in [4.69, 9.17) is 5.11 Å². The summed E-state index contributed by atoms with van der Waals surface area (Å²) < 4.78 is 44.5. The average molecular weight is 442 g/mol. The summed E-state index contributed by atoms with van der Waals surface area (Å²) in [5, 5.41) is 13.2. The first-order valence-corrected chi connectivity index (χ1v) is 7.74. The monoisotopic (exact) mass is 441 g/mol. The minimum Gasteiger partial charge on any atom is -0.449 e. The Morgan fingerprint density at radius 3 is 2.40 bits per heavy atom. The molecule has 0 fully saturated rings. The number of benzene rings is 1. The third kappa shape index (κ3) is 6.11. The van der Waals surface area contributed by atoms with E-state index < -0.39 is 24.3 Å². The maximum absolute atomic E-state index is 12.0. The van der Waals surface area contributed by atoms with Gasteiger partial charge in [-0.2, -0.15) is 4.98 Å². The molecule has 0 atom stereocenters. The van der Waals surface area contributed by atoms with Crippen LogP contribution in [0.2, 0.25) is 0 Å². The van der Waals surface area contributed by atoms with Gasteiger partial charge in [-0.05, 0) is 40.2 Å². The van der Waals surface area contributed by atoms with Crippen LogP contribution in [0.25, 0.3) is 0 Å². The maximum atomic E-state index is 12.0. The lowest BCUT2D eigenvalue weighted by atomic mass is 10.3. The molecule has 0 saturated carbocycles. The number of aromatic nitrogens is 1. The van der Waals surface area contributed by atoms with Crippen LogP contribution < -0.4 is 20.1 Å². The number of carboxylic acid groups (broad SMARTS) is 1. The number of carbonyl (C=O) groups is 2. The Bertz CT molecular complexity index is 781. The van der Waals surface area contributed by atoms with Crippen molar-refractivity contribution in [3.63, 3.8) is 0 Å². The lowest BCUT2D eigenvalue weighted by Gasteiger charge is -2.10. The second-order valence-electron chi connectivity index (χ2n) is 4.12. The molecule has 0 unspecified atom stereocenters. The summed E-state index contributed by atoms with van der Waals surface area (Å²) in [5.74, 6) is -0.667. The van der Waals surface area contributed by atoms with Gasteiger partial charge in [0.2, 0.25) is 0 Å². The predicted molar refractivity (Wildman–Crippen MR) is 84.2 cm³/mol. The Kier molecular flexibility index (Phi) is 5.69. The number of thiazole rings is 1. The zero-order valence-corrected chi connectivity index (χ0v) is 14.2. The van der Waals surface area contributed by atoms with Gasteiger partial charge in [0.05, 0.1) is 0 Å². The lowest BCUT2D eigenvalue weighted by Crippen LogP contribution is -2.19.